The van der Waals surface area contributed by atoms with Crippen molar-refractivity contribution in [1.82, 2.24) is 14.9 Å². The van der Waals surface area contributed by atoms with Crippen molar-refractivity contribution in [3.05, 3.63) is 58.1 Å². The fourth-order valence-electron chi connectivity index (χ4n) is 2.63. The molecule has 1 aliphatic rings. The van der Waals surface area contributed by atoms with Gasteiger partial charge in [-0.3, -0.25) is 0 Å². The lowest BCUT2D eigenvalue weighted by Gasteiger charge is -2.15. The highest BCUT2D eigenvalue weighted by molar-refractivity contribution is 7.99. The van der Waals surface area contributed by atoms with Gasteiger partial charge in [0, 0.05) is 21.9 Å². The van der Waals surface area contributed by atoms with E-state index in [1.807, 2.05) is 43.3 Å². The number of thioether (sulfide) groups is 1. The van der Waals surface area contributed by atoms with E-state index in [0.29, 0.717) is 28.2 Å². The standard InChI is InChI=1S/C18H14Cl2N4OS/c1-2-25-13-6-3-11(4-7-13)17-21-22-18-24(17)23-16(10-26-18)14-8-5-12(19)9-15(14)20/h3-9H,2,10H2,1H3. The van der Waals surface area contributed by atoms with Gasteiger partial charge in [-0.1, -0.05) is 41.0 Å². The molecule has 5 nitrogen and oxygen atoms in total. The van der Waals surface area contributed by atoms with Crippen molar-refractivity contribution >= 4 is 40.7 Å². The number of benzene rings is 2. The number of halogens is 2. The largest absolute Gasteiger partial charge is 0.494 e. The molecule has 0 spiro atoms. The van der Waals surface area contributed by atoms with Gasteiger partial charge in [-0.05, 0) is 43.3 Å². The quantitative estimate of drug-likeness (QED) is 0.613. The highest BCUT2D eigenvalue weighted by Gasteiger charge is 2.22. The molecule has 0 aliphatic carbocycles. The molecule has 132 valence electrons. The zero-order valence-corrected chi connectivity index (χ0v) is 16.1. The number of hydrogen-bond acceptors (Lipinski definition) is 5. The van der Waals surface area contributed by atoms with Crippen LogP contribution in [0.15, 0.2) is 52.7 Å². The van der Waals surface area contributed by atoms with E-state index in [1.165, 1.54) is 0 Å². The first-order chi connectivity index (χ1) is 12.7. The van der Waals surface area contributed by atoms with Crippen molar-refractivity contribution in [1.29, 1.82) is 0 Å². The third-order valence-electron chi connectivity index (χ3n) is 3.84. The summed E-state index contributed by atoms with van der Waals surface area (Å²) >= 11 is 13.9. The van der Waals surface area contributed by atoms with Gasteiger partial charge in [0.05, 0.1) is 17.3 Å². The summed E-state index contributed by atoms with van der Waals surface area (Å²) in [6.45, 7) is 2.59. The average Bonchev–Trinajstić information content (AvgIpc) is 3.06. The third kappa shape index (κ3) is 3.32. The number of rotatable bonds is 4. The minimum absolute atomic E-state index is 0.580. The fourth-order valence-corrected chi connectivity index (χ4v) is 3.97. The summed E-state index contributed by atoms with van der Waals surface area (Å²) in [5.74, 6) is 2.17. The number of hydrogen-bond donors (Lipinski definition) is 0. The second-order valence-electron chi connectivity index (χ2n) is 5.53. The normalized spacial score (nSPS) is 13.3. The summed E-state index contributed by atoms with van der Waals surface area (Å²) in [7, 11) is 0. The summed E-state index contributed by atoms with van der Waals surface area (Å²) in [5.41, 5.74) is 2.64. The van der Waals surface area contributed by atoms with E-state index in [4.69, 9.17) is 33.0 Å². The van der Waals surface area contributed by atoms with Crippen molar-refractivity contribution < 1.29 is 4.74 Å². The lowest BCUT2D eigenvalue weighted by Crippen LogP contribution is -2.14. The Hall–Kier alpha value is -2.02. The van der Waals surface area contributed by atoms with Crippen molar-refractivity contribution in [2.24, 2.45) is 5.10 Å². The molecule has 2 heterocycles. The molecule has 0 saturated carbocycles. The van der Waals surface area contributed by atoms with E-state index in [0.717, 1.165) is 27.7 Å². The van der Waals surface area contributed by atoms with Crippen LogP contribution in [-0.2, 0) is 0 Å². The van der Waals surface area contributed by atoms with Crippen molar-refractivity contribution in [2.45, 2.75) is 12.1 Å². The van der Waals surface area contributed by atoms with Gasteiger partial charge in [0.2, 0.25) is 5.16 Å². The maximum atomic E-state index is 6.34. The van der Waals surface area contributed by atoms with E-state index in [2.05, 4.69) is 10.2 Å². The molecule has 0 N–H and O–H groups in total. The summed E-state index contributed by atoms with van der Waals surface area (Å²) < 4.78 is 7.24. The molecule has 0 unspecified atom stereocenters. The molecule has 3 aromatic rings. The van der Waals surface area contributed by atoms with Crippen molar-refractivity contribution in [3.8, 4) is 17.1 Å². The Kier molecular flexibility index (Phi) is 4.89. The van der Waals surface area contributed by atoms with Crippen molar-refractivity contribution in [2.75, 3.05) is 12.4 Å². The highest BCUT2D eigenvalue weighted by atomic mass is 35.5. The van der Waals surface area contributed by atoms with E-state index in [1.54, 1.807) is 22.5 Å². The molecule has 0 radical (unpaired) electrons. The topological polar surface area (TPSA) is 52.3 Å². The predicted molar refractivity (Wildman–Crippen MR) is 106 cm³/mol. The first-order valence-corrected chi connectivity index (χ1v) is 9.74. The van der Waals surface area contributed by atoms with Crippen LogP contribution >= 0.6 is 35.0 Å². The lowest BCUT2D eigenvalue weighted by molar-refractivity contribution is 0.340. The molecule has 1 aliphatic heterocycles. The predicted octanol–water partition coefficient (Wildman–Crippen LogP) is 5.01. The summed E-state index contributed by atoms with van der Waals surface area (Å²) in [4.78, 5) is 0. The minimum Gasteiger partial charge on any atom is -0.494 e. The van der Waals surface area contributed by atoms with Gasteiger partial charge < -0.3 is 4.74 Å². The van der Waals surface area contributed by atoms with Gasteiger partial charge in [-0.25, -0.2) is 0 Å². The third-order valence-corrected chi connectivity index (χ3v) is 5.31. The van der Waals surface area contributed by atoms with E-state index in [-0.39, 0.29) is 0 Å². The van der Waals surface area contributed by atoms with Crippen LogP contribution in [0.25, 0.3) is 11.4 Å². The van der Waals surface area contributed by atoms with Gasteiger partial charge in [-0.2, -0.15) is 9.78 Å². The van der Waals surface area contributed by atoms with Crippen LogP contribution in [-0.4, -0.2) is 32.9 Å². The first-order valence-electron chi connectivity index (χ1n) is 8.00. The van der Waals surface area contributed by atoms with Crippen LogP contribution < -0.4 is 4.74 Å². The molecule has 4 rings (SSSR count). The minimum atomic E-state index is 0.580. The summed E-state index contributed by atoms with van der Waals surface area (Å²) in [6.07, 6.45) is 0. The van der Waals surface area contributed by atoms with Crippen LogP contribution in [0.1, 0.15) is 12.5 Å². The highest BCUT2D eigenvalue weighted by Crippen LogP contribution is 2.31. The molecule has 8 heteroatoms. The second kappa shape index (κ2) is 7.31. The van der Waals surface area contributed by atoms with Gasteiger partial charge >= 0.3 is 0 Å². The van der Waals surface area contributed by atoms with E-state index >= 15 is 0 Å². The Morgan fingerprint density at radius 2 is 1.92 bits per heavy atom. The van der Waals surface area contributed by atoms with Gasteiger partial charge in [0.25, 0.3) is 0 Å². The Balaban J connectivity index is 1.73. The monoisotopic (exact) mass is 404 g/mol. The molecule has 26 heavy (non-hydrogen) atoms. The maximum Gasteiger partial charge on any atom is 0.212 e. The molecular weight excluding hydrogens is 391 g/mol. The summed E-state index contributed by atoms with van der Waals surface area (Å²) in [5, 5.41) is 15.2. The second-order valence-corrected chi connectivity index (χ2v) is 7.32. The Morgan fingerprint density at radius 1 is 1.12 bits per heavy atom. The van der Waals surface area contributed by atoms with Crippen LogP contribution in [0.2, 0.25) is 10.0 Å². The van der Waals surface area contributed by atoms with E-state index in [9.17, 15) is 0 Å². The number of nitrogens with zero attached hydrogens (tertiary/aromatic N) is 4. The zero-order chi connectivity index (χ0) is 18.1. The van der Waals surface area contributed by atoms with Gasteiger partial charge in [-0.15, -0.1) is 10.2 Å². The average molecular weight is 405 g/mol. The van der Waals surface area contributed by atoms with Gasteiger partial charge in [0.1, 0.15) is 5.75 Å². The molecule has 2 aromatic carbocycles. The Bertz CT molecular complexity index is 985. The molecule has 0 atom stereocenters. The van der Waals surface area contributed by atoms with E-state index < -0.39 is 0 Å². The molecule has 0 bridgehead atoms. The van der Waals surface area contributed by atoms with Gasteiger partial charge in [0.15, 0.2) is 5.82 Å². The molecule has 0 saturated heterocycles. The Labute approximate surface area is 165 Å². The van der Waals surface area contributed by atoms with Crippen LogP contribution in [0, 0.1) is 0 Å². The zero-order valence-electron chi connectivity index (χ0n) is 13.8. The van der Waals surface area contributed by atoms with Crippen LogP contribution in [0.5, 0.6) is 5.75 Å². The fraction of sp³-hybridized carbons (Fsp3) is 0.167. The number of ether oxygens (including phenoxy) is 1. The van der Waals surface area contributed by atoms with Crippen molar-refractivity contribution in [3.63, 3.8) is 0 Å². The lowest BCUT2D eigenvalue weighted by atomic mass is 10.1. The first kappa shape index (κ1) is 17.4. The summed E-state index contributed by atoms with van der Waals surface area (Å²) in [6, 6.07) is 13.1. The molecule has 0 amide bonds. The number of fused-ring (bicyclic) bond motifs is 1. The maximum absolute atomic E-state index is 6.34. The molecule has 0 fully saturated rings. The molecule has 1 aromatic heterocycles. The SMILES string of the molecule is CCOc1ccc(-c2nnc3n2N=C(c2ccc(Cl)cc2Cl)CS3)cc1. The van der Waals surface area contributed by atoms with Crippen LogP contribution in [0.3, 0.4) is 0 Å². The number of aromatic nitrogens is 3. The Morgan fingerprint density at radius 3 is 2.65 bits per heavy atom. The van der Waals surface area contributed by atoms with Crippen LogP contribution in [0.4, 0.5) is 0 Å². The smallest absolute Gasteiger partial charge is 0.212 e. The molecular formula is C18H14Cl2N4OS.